The summed E-state index contributed by atoms with van der Waals surface area (Å²) in [4.78, 5) is 23.3. The van der Waals surface area contributed by atoms with Gasteiger partial charge in [0.05, 0.1) is 31.5 Å². The monoisotopic (exact) mass is 349 g/mol. The van der Waals surface area contributed by atoms with Crippen molar-refractivity contribution in [2.24, 2.45) is 0 Å². The van der Waals surface area contributed by atoms with E-state index in [2.05, 4.69) is 14.8 Å². The predicted octanol–water partition coefficient (Wildman–Crippen LogP) is 3.07. The molecule has 0 fully saturated rings. The van der Waals surface area contributed by atoms with E-state index >= 15 is 0 Å². The summed E-state index contributed by atoms with van der Waals surface area (Å²) in [6.45, 7) is 0. The van der Waals surface area contributed by atoms with E-state index in [4.69, 9.17) is 0 Å². The minimum Gasteiger partial charge on any atom is -0.466 e. The Morgan fingerprint density at radius 3 is 2.35 bits per heavy atom. The van der Waals surface area contributed by atoms with E-state index in [9.17, 15) is 22.8 Å². The smallest absolute Gasteiger partial charge is 0.418 e. The van der Waals surface area contributed by atoms with Crippen LogP contribution in [0.3, 0.4) is 0 Å². The minimum atomic E-state index is -4.64. The van der Waals surface area contributed by atoms with Gasteiger partial charge < -0.3 is 14.8 Å². The Hall–Kier alpha value is -2.16. The zero-order valence-electron chi connectivity index (χ0n) is 12.5. The molecule has 0 saturated heterocycles. The number of nitrogens with one attached hydrogen (secondary N) is 1. The van der Waals surface area contributed by atoms with Crippen LogP contribution in [0.2, 0.25) is 0 Å². The summed E-state index contributed by atoms with van der Waals surface area (Å²) < 4.78 is 48.2. The third-order valence-electron chi connectivity index (χ3n) is 2.67. The Morgan fingerprint density at radius 2 is 1.87 bits per heavy atom. The van der Waals surface area contributed by atoms with Crippen LogP contribution in [-0.4, -0.2) is 32.4 Å². The fourth-order valence-corrected chi connectivity index (χ4v) is 2.01. The fourth-order valence-electron chi connectivity index (χ4n) is 1.57. The summed E-state index contributed by atoms with van der Waals surface area (Å²) in [6.07, 6.45) is -2.28. The van der Waals surface area contributed by atoms with Gasteiger partial charge in [-0.05, 0) is 24.5 Å². The van der Waals surface area contributed by atoms with Crippen molar-refractivity contribution in [2.75, 3.05) is 25.8 Å². The van der Waals surface area contributed by atoms with E-state index < -0.39 is 29.4 Å². The minimum absolute atomic E-state index is 0.379. The number of hydrogen-bond acceptors (Lipinski definition) is 6. The lowest BCUT2D eigenvalue weighted by molar-refractivity contribution is -0.138. The molecule has 1 aromatic rings. The summed E-state index contributed by atoms with van der Waals surface area (Å²) in [6, 6.07) is 3.57. The molecule has 0 spiro atoms. The van der Waals surface area contributed by atoms with Crippen molar-refractivity contribution in [2.45, 2.75) is 11.1 Å². The number of carbonyl (C=O) groups excluding carboxylic acids is 2. The molecular weight excluding hydrogens is 335 g/mol. The lowest BCUT2D eigenvalue weighted by atomic mass is 10.1. The van der Waals surface area contributed by atoms with E-state index in [1.165, 1.54) is 12.1 Å². The SMILES string of the molecule is COC(=O)/C=C(/Nc1ccc(SC)cc1C(F)(F)F)C(=O)OC. The van der Waals surface area contributed by atoms with Crippen molar-refractivity contribution < 1.29 is 32.2 Å². The largest absolute Gasteiger partial charge is 0.466 e. The molecule has 1 N–H and O–H groups in total. The highest BCUT2D eigenvalue weighted by molar-refractivity contribution is 7.98. The molecule has 0 aliphatic rings. The Bertz CT molecular complexity index is 629. The maximum atomic E-state index is 13.2. The highest BCUT2D eigenvalue weighted by Crippen LogP contribution is 2.37. The highest BCUT2D eigenvalue weighted by Gasteiger charge is 2.34. The summed E-state index contributed by atoms with van der Waals surface area (Å²) in [5, 5.41) is 2.28. The summed E-state index contributed by atoms with van der Waals surface area (Å²) in [5.74, 6) is -1.91. The number of rotatable bonds is 5. The zero-order chi connectivity index (χ0) is 17.6. The molecule has 0 saturated carbocycles. The number of alkyl halides is 3. The van der Waals surface area contributed by atoms with Crippen molar-refractivity contribution in [3.05, 3.63) is 35.5 Å². The first-order valence-corrected chi connectivity index (χ1v) is 7.35. The number of thioether (sulfide) groups is 1. The quantitative estimate of drug-likeness (QED) is 0.501. The first-order valence-electron chi connectivity index (χ1n) is 6.13. The second kappa shape index (κ2) is 7.91. The van der Waals surface area contributed by atoms with Gasteiger partial charge in [-0.25, -0.2) is 9.59 Å². The highest BCUT2D eigenvalue weighted by atomic mass is 32.2. The van der Waals surface area contributed by atoms with Gasteiger partial charge in [0.2, 0.25) is 0 Å². The van der Waals surface area contributed by atoms with Gasteiger partial charge in [0.25, 0.3) is 0 Å². The molecule has 1 rings (SSSR count). The van der Waals surface area contributed by atoms with E-state index in [1.54, 1.807) is 6.26 Å². The van der Waals surface area contributed by atoms with Crippen LogP contribution in [0.15, 0.2) is 34.9 Å². The lowest BCUT2D eigenvalue weighted by Gasteiger charge is -2.16. The van der Waals surface area contributed by atoms with E-state index in [-0.39, 0.29) is 5.69 Å². The lowest BCUT2D eigenvalue weighted by Crippen LogP contribution is -2.18. The number of ether oxygens (including phenoxy) is 2. The van der Waals surface area contributed by atoms with Crippen molar-refractivity contribution in [1.82, 2.24) is 0 Å². The predicted molar refractivity (Wildman–Crippen MR) is 79.0 cm³/mol. The third-order valence-corrected chi connectivity index (χ3v) is 3.40. The van der Waals surface area contributed by atoms with Crippen LogP contribution in [0.1, 0.15) is 5.56 Å². The van der Waals surface area contributed by atoms with Gasteiger partial charge in [0.15, 0.2) is 0 Å². The van der Waals surface area contributed by atoms with Gasteiger partial charge in [0.1, 0.15) is 5.70 Å². The zero-order valence-corrected chi connectivity index (χ0v) is 13.3. The number of benzene rings is 1. The number of hydrogen-bond donors (Lipinski definition) is 1. The fraction of sp³-hybridized carbons (Fsp3) is 0.286. The van der Waals surface area contributed by atoms with Crippen molar-refractivity contribution in [3.8, 4) is 0 Å². The van der Waals surface area contributed by atoms with Crippen LogP contribution < -0.4 is 5.32 Å². The molecule has 126 valence electrons. The summed E-state index contributed by atoms with van der Waals surface area (Å²) in [7, 11) is 2.11. The van der Waals surface area contributed by atoms with E-state index in [1.807, 2.05) is 0 Å². The Labute approximate surface area is 134 Å². The number of halogens is 3. The second-order valence-corrected chi connectivity index (χ2v) is 4.99. The van der Waals surface area contributed by atoms with E-state index in [0.29, 0.717) is 11.0 Å². The van der Waals surface area contributed by atoms with Crippen LogP contribution in [-0.2, 0) is 25.2 Å². The standard InChI is InChI=1S/C14H14F3NO4S/c1-21-12(19)7-11(13(20)22-2)18-10-5-4-8(23-3)6-9(10)14(15,16)17/h4-7,18H,1-3H3/b11-7+. The second-order valence-electron chi connectivity index (χ2n) is 4.11. The third kappa shape index (κ3) is 5.20. The Morgan fingerprint density at radius 1 is 1.22 bits per heavy atom. The summed E-state index contributed by atoms with van der Waals surface area (Å²) in [5.41, 5.74) is -1.82. The van der Waals surface area contributed by atoms with Crippen molar-refractivity contribution in [1.29, 1.82) is 0 Å². The molecule has 0 aliphatic heterocycles. The molecule has 5 nitrogen and oxygen atoms in total. The number of carbonyl (C=O) groups is 2. The molecule has 0 atom stereocenters. The van der Waals surface area contributed by atoms with Gasteiger partial charge in [0, 0.05) is 4.90 Å². The van der Waals surface area contributed by atoms with Gasteiger partial charge in [-0.1, -0.05) is 0 Å². The van der Waals surface area contributed by atoms with Gasteiger partial charge in [-0.3, -0.25) is 0 Å². The molecular formula is C14H14F3NO4S. The van der Waals surface area contributed by atoms with Gasteiger partial charge >= 0.3 is 18.1 Å². The molecule has 9 heteroatoms. The molecule has 0 unspecified atom stereocenters. The summed E-state index contributed by atoms with van der Waals surface area (Å²) >= 11 is 1.14. The van der Waals surface area contributed by atoms with Crippen molar-refractivity contribution >= 4 is 29.4 Å². The average molecular weight is 349 g/mol. The maximum Gasteiger partial charge on any atom is 0.418 e. The van der Waals surface area contributed by atoms with Gasteiger partial charge in [-0.15, -0.1) is 11.8 Å². The molecule has 0 bridgehead atoms. The van der Waals surface area contributed by atoms with Crippen LogP contribution in [0.5, 0.6) is 0 Å². The average Bonchev–Trinajstić information content (AvgIpc) is 2.52. The topological polar surface area (TPSA) is 64.6 Å². The molecule has 0 aliphatic carbocycles. The molecule has 0 radical (unpaired) electrons. The first kappa shape index (κ1) is 18.9. The van der Waals surface area contributed by atoms with Crippen LogP contribution in [0.4, 0.5) is 18.9 Å². The van der Waals surface area contributed by atoms with Gasteiger partial charge in [-0.2, -0.15) is 13.2 Å². The molecule has 0 aromatic heterocycles. The van der Waals surface area contributed by atoms with E-state index in [0.717, 1.165) is 32.0 Å². The normalized spacial score (nSPS) is 11.8. The first-order chi connectivity index (χ1) is 10.7. The molecule has 1 aromatic carbocycles. The van der Waals surface area contributed by atoms with Crippen molar-refractivity contribution in [3.63, 3.8) is 0 Å². The number of esters is 2. The van der Waals surface area contributed by atoms with Crippen LogP contribution in [0.25, 0.3) is 0 Å². The number of methoxy groups -OCH3 is 2. The maximum absolute atomic E-state index is 13.2. The van der Waals surface area contributed by atoms with Crippen LogP contribution >= 0.6 is 11.8 Å². The molecule has 0 amide bonds. The molecule has 23 heavy (non-hydrogen) atoms. The molecule has 0 heterocycles. The Kier molecular flexibility index (Phi) is 6.49. The van der Waals surface area contributed by atoms with Crippen LogP contribution in [0, 0.1) is 0 Å². The number of anilines is 1. The Balaban J connectivity index is 3.31.